The molecule has 176 valence electrons. The van der Waals surface area contributed by atoms with Crippen molar-refractivity contribution in [1.29, 1.82) is 0 Å². The van der Waals surface area contributed by atoms with E-state index >= 15 is 0 Å². The third kappa shape index (κ3) is 4.75. The molecule has 3 heterocycles. The summed E-state index contributed by atoms with van der Waals surface area (Å²) in [6.07, 6.45) is 3.28. The van der Waals surface area contributed by atoms with Crippen LogP contribution in [-0.4, -0.2) is 43.5 Å². The Kier molecular flexibility index (Phi) is 6.57. The number of nitrogens with one attached hydrogen (secondary N) is 1. The topological polar surface area (TPSA) is 132 Å². The number of aliphatic hydroxyl groups is 1. The standard InChI is InChI=1S/C23H22FN5O4S/c1-12(33-15-7-14-5-6-29(2)22(14)26-10-15)20-9-18(28-34-20)13-3-4-16(17(24)8-13)23(32)27-19(11-30)21(25)31/h3-10,12,19,30H,11H2,1-2H3,(H2,25,31)(H,27,32)/t12?,19-/m0/s1. The first-order chi connectivity index (χ1) is 16.3. The van der Waals surface area contributed by atoms with E-state index in [-0.39, 0.29) is 11.7 Å². The quantitative estimate of drug-likeness (QED) is 0.353. The Balaban J connectivity index is 1.48. The van der Waals surface area contributed by atoms with Crippen LogP contribution < -0.4 is 15.8 Å². The Bertz CT molecular complexity index is 1370. The zero-order chi connectivity index (χ0) is 24.4. The summed E-state index contributed by atoms with van der Waals surface area (Å²) in [6.45, 7) is 1.20. The van der Waals surface area contributed by atoms with E-state index in [1.807, 2.05) is 36.9 Å². The average Bonchev–Trinajstić information content (AvgIpc) is 3.44. The summed E-state index contributed by atoms with van der Waals surface area (Å²) in [5, 5.41) is 12.3. The summed E-state index contributed by atoms with van der Waals surface area (Å²) < 4.78 is 27.0. The largest absolute Gasteiger partial charge is 0.483 e. The van der Waals surface area contributed by atoms with Crippen molar-refractivity contribution in [2.45, 2.75) is 19.1 Å². The maximum Gasteiger partial charge on any atom is 0.254 e. The highest BCUT2D eigenvalue weighted by Crippen LogP contribution is 2.30. The van der Waals surface area contributed by atoms with E-state index in [2.05, 4.69) is 14.7 Å². The van der Waals surface area contributed by atoms with Gasteiger partial charge < -0.3 is 25.5 Å². The van der Waals surface area contributed by atoms with Crippen LogP contribution in [-0.2, 0) is 11.8 Å². The molecular formula is C23H22FN5O4S. The molecule has 0 radical (unpaired) electrons. The van der Waals surface area contributed by atoms with Gasteiger partial charge in [0.1, 0.15) is 29.4 Å². The number of hydrogen-bond acceptors (Lipinski definition) is 7. The van der Waals surface area contributed by atoms with E-state index < -0.39 is 30.3 Å². The predicted molar refractivity (Wildman–Crippen MR) is 125 cm³/mol. The lowest BCUT2D eigenvalue weighted by Crippen LogP contribution is -2.47. The van der Waals surface area contributed by atoms with Crippen LogP contribution in [0.1, 0.15) is 28.3 Å². The van der Waals surface area contributed by atoms with Crippen LogP contribution in [0.25, 0.3) is 22.3 Å². The molecule has 4 aromatic rings. The molecule has 0 aliphatic rings. The minimum absolute atomic E-state index is 0.278. The van der Waals surface area contributed by atoms with E-state index in [9.17, 15) is 14.0 Å². The number of benzene rings is 1. The molecule has 0 spiro atoms. The molecular weight excluding hydrogens is 461 g/mol. The first-order valence-corrected chi connectivity index (χ1v) is 11.1. The number of pyridine rings is 1. The number of ether oxygens (including phenoxy) is 1. The van der Waals surface area contributed by atoms with E-state index in [0.717, 1.165) is 15.9 Å². The van der Waals surface area contributed by atoms with Gasteiger partial charge in [-0.15, -0.1) is 0 Å². The van der Waals surface area contributed by atoms with Crippen molar-refractivity contribution in [2.75, 3.05) is 6.61 Å². The van der Waals surface area contributed by atoms with Gasteiger partial charge in [0.15, 0.2) is 0 Å². The number of amides is 2. The molecule has 4 N–H and O–H groups in total. The summed E-state index contributed by atoms with van der Waals surface area (Å²) >= 11 is 1.23. The van der Waals surface area contributed by atoms with Crippen LogP contribution in [0, 0.1) is 5.82 Å². The molecule has 0 aliphatic heterocycles. The third-order valence-electron chi connectivity index (χ3n) is 5.26. The maximum atomic E-state index is 14.6. The van der Waals surface area contributed by atoms with Crippen LogP contribution >= 0.6 is 11.5 Å². The molecule has 0 saturated heterocycles. The smallest absolute Gasteiger partial charge is 0.254 e. The lowest BCUT2D eigenvalue weighted by Gasteiger charge is -2.13. The van der Waals surface area contributed by atoms with Crippen molar-refractivity contribution >= 4 is 34.4 Å². The van der Waals surface area contributed by atoms with Crippen molar-refractivity contribution in [3.8, 4) is 17.0 Å². The van der Waals surface area contributed by atoms with Crippen molar-refractivity contribution in [3.05, 3.63) is 65.0 Å². The van der Waals surface area contributed by atoms with Crippen molar-refractivity contribution in [1.82, 2.24) is 19.2 Å². The van der Waals surface area contributed by atoms with E-state index in [4.69, 9.17) is 15.6 Å². The number of carbonyl (C=O) groups is 2. The summed E-state index contributed by atoms with van der Waals surface area (Å²) in [7, 11) is 1.92. The van der Waals surface area contributed by atoms with Crippen LogP contribution in [0.5, 0.6) is 5.75 Å². The number of fused-ring (bicyclic) bond motifs is 1. The zero-order valence-electron chi connectivity index (χ0n) is 18.4. The van der Waals surface area contributed by atoms with E-state index in [0.29, 0.717) is 17.0 Å². The van der Waals surface area contributed by atoms with E-state index in [1.165, 1.54) is 23.7 Å². The molecule has 1 aromatic carbocycles. The second-order valence-corrected chi connectivity index (χ2v) is 8.53. The number of rotatable bonds is 8. The second-order valence-electron chi connectivity index (χ2n) is 7.69. The molecule has 3 aromatic heterocycles. The lowest BCUT2D eigenvalue weighted by molar-refractivity contribution is -0.120. The molecule has 34 heavy (non-hydrogen) atoms. The molecule has 2 amide bonds. The van der Waals surface area contributed by atoms with Gasteiger partial charge >= 0.3 is 0 Å². The Morgan fingerprint density at radius 3 is 2.79 bits per heavy atom. The summed E-state index contributed by atoms with van der Waals surface area (Å²) in [5.74, 6) is -1.94. The van der Waals surface area contributed by atoms with Gasteiger partial charge in [-0.3, -0.25) is 9.59 Å². The number of carbonyl (C=O) groups excluding carboxylic acids is 2. The van der Waals surface area contributed by atoms with E-state index in [1.54, 1.807) is 18.3 Å². The van der Waals surface area contributed by atoms with Gasteiger partial charge in [-0.2, -0.15) is 4.37 Å². The number of aliphatic hydroxyl groups excluding tert-OH is 1. The fourth-order valence-electron chi connectivity index (χ4n) is 3.38. The fourth-order valence-corrected chi connectivity index (χ4v) is 4.10. The molecule has 2 atom stereocenters. The molecule has 0 aliphatic carbocycles. The highest BCUT2D eigenvalue weighted by Gasteiger charge is 2.21. The highest BCUT2D eigenvalue weighted by atomic mass is 32.1. The number of primary amides is 1. The molecule has 0 bridgehead atoms. The molecule has 1 unspecified atom stereocenters. The molecule has 9 nitrogen and oxygen atoms in total. The minimum atomic E-state index is -1.30. The van der Waals surface area contributed by atoms with Crippen molar-refractivity contribution < 1.29 is 23.8 Å². The second kappa shape index (κ2) is 9.57. The molecule has 4 rings (SSSR count). The highest BCUT2D eigenvalue weighted by molar-refractivity contribution is 7.06. The number of nitrogens with zero attached hydrogens (tertiary/aromatic N) is 3. The van der Waals surface area contributed by atoms with Crippen LogP contribution in [0.4, 0.5) is 4.39 Å². The van der Waals surface area contributed by atoms with Gasteiger partial charge in [0.25, 0.3) is 5.91 Å². The van der Waals surface area contributed by atoms with Gasteiger partial charge in [-0.25, -0.2) is 9.37 Å². The third-order valence-corrected chi connectivity index (χ3v) is 6.21. The van der Waals surface area contributed by atoms with Crippen molar-refractivity contribution in [2.24, 2.45) is 12.8 Å². The van der Waals surface area contributed by atoms with Gasteiger partial charge in [-0.05, 0) is 48.8 Å². The Morgan fingerprint density at radius 1 is 1.29 bits per heavy atom. The monoisotopic (exact) mass is 483 g/mol. The minimum Gasteiger partial charge on any atom is -0.483 e. The summed E-state index contributed by atoms with van der Waals surface area (Å²) in [5.41, 5.74) is 6.67. The first kappa shape index (κ1) is 23.3. The normalized spacial score (nSPS) is 12.9. The maximum absolute atomic E-state index is 14.6. The zero-order valence-corrected chi connectivity index (χ0v) is 19.2. The fraction of sp³-hybridized carbons (Fsp3) is 0.217. The van der Waals surface area contributed by atoms with Gasteiger partial charge in [0.2, 0.25) is 5.91 Å². The van der Waals surface area contributed by atoms with Gasteiger partial charge in [-0.1, -0.05) is 6.07 Å². The van der Waals surface area contributed by atoms with Gasteiger partial charge in [0.05, 0.1) is 28.9 Å². The van der Waals surface area contributed by atoms with Crippen molar-refractivity contribution in [3.63, 3.8) is 0 Å². The lowest BCUT2D eigenvalue weighted by atomic mass is 10.1. The predicted octanol–water partition coefficient (Wildman–Crippen LogP) is 2.55. The summed E-state index contributed by atoms with van der Waals surface area (Å²) in [4.78, 5) is 28.7. The molecule has 0 saturated carbocycles. The number of nitrogens with two attached hydrogens (primary N) is 1. The number of aromatic nitrogens is 3. The molecule has 0 fully saturated rings. The Labute approximate surface area is 198 Å². The SMILES string of the molecule is CC(Oc1cnc2c(ccn2C)c1)c1cc(-c2ccc(C(=O)N[C@@H](CO)C(N)=O)c(F)c2)ns1. The average molecular weight is 484 g/mol. The number of halogens is 1. The first-order valence-electron chi connectivity index (χ1n) is 10.3. The molecule has 11 heteroatoms. The number of hydrogen-bond donors (Lipinski definition) is 3. The Hall–Kier alpha value is -3.83. The summed E-state index contributed by atoms with van der Waals surface area (Å²) in [6, 6.07) is 8.40. The Morgan fingerprint density at radius 2 is 2.09 bits per heavy atom. The number of aryl methyl sites for hydroxylation is 1. The van der Waals surface area contributed by atoms with Crippen LogP contribution in [0.2, 0.25) is 0 Å². The van der Waals surface area contributed by atoms with Crippen LogP contribution in [0.15, 0.2) is 48.8 Å². The van der Waals surface area contributed by atoms with Crippen LogP contribution in [0.3, 0.4) is 0 Å². The van der Waals surface area contributed by atoms with Gasteiger partial charge in [0, 0.05) is 24.2 Å².